The fourth-order valence-electron chi connectivity index (χ4n) is 5.28. The van der Waals surface area contributed by atoms with Crippen molar-refractivity contribution in [3.05, 3.63) is 54.6 Å². The molecule has 0 bridgehead atoms. The molecule has 13 N–H and O–H groups in total. The number of amides is 10. The van der Waals surface area contributed by atoms with Crippen LogP contribution in [0.4, 0.5) is 20.1 Å². The molecule has 0 aliphatic carbocycles. The van der Waals surface area contributed by atoms with Gasteiger partial charge >= 0.3 is 43.1 Å². The smallest absolute Gasteiger partial charge is 0.655 e. The summed E-state index contributed by atoms with van der Waals surface area (Å²) in [4.78, 5) is 119. The number of benzene rings is 1. The number of primary amides is 1. The molecular formula is C53H95IN11O19SWY-. The second kappa shape index (κ2) is 67.1. The van der Waals surface area contributed by atoms with Gasteiger partial charge in [0.25, 0.3) is 10.1 Å². The molecule has 0 heterocycles. The van der Waals surface area contributed by atoms with E-state index in [2.05, 4.69) is 68.0 Å². The van der Waals surface area contributed by atoms with E-state index in [9.17, 15) is 61.2 Å². The summed E-state index contributed by atoms with van der Waals surface area (Å²) in [5.41, 5.74) is 13.2. The second-order valence-electron chi connectivity index (χ2n) is 17.3. The SMILES string of the molecule is CC.CC(CCCNC(N)=O)NC(=O)CNC=O.CCC.CCCC(NC(=O)CC(C)OC[NH-])C(=O)NCCOC.COC(=O)/C=C\C(=O)NCCNC(=O)NC([C-]=O)CS(=O)(=O)O.O=CNc1ccc(COC(=O)I)cc1.[CH2-]C(C)(C)OCC.[W+2].[Y]. The molecule has 0 saturated heterocycles. The van der Waals surface area contributed by atoms with Crippen LogP contribution in [0.1, 0.15) is 113 Å². The van der Waals surface area contributed by atoms with Crippen molar-refractivity contribution < 1.29 is 143 Å². The van der Waals surface area contributed by atoms with E-state index in [1.54, 1.807) is 60.9 Å². The molecule has 0 aliphatic rings. The molecule has 87 heavy (non-hydrogen) atoms. The molecular weight excluding hydrogens is 1530 g/mol. The second-order valence-corrected chi connectivity index (χ2v) is 19.6. The van der Waals surface area contributed by atoms with E-state index in [0.29, 0.717) is 44.6 Å². The number of carbonyl (C=O) groups excluding carboxylic acids is 11. The van der Waals surface area contributed by atoms with Crippen LogP contribution < -0.4 is 53.6 Å². The van der Waals surface area contributed by atoms with Gasteiger partial charge in [-0.3, -0.25) is 33.3 Å². The fraction of sp³-hybridized carbons (Fsp3) is 0.623. The summed E-state index contributed by atoms with van der Waals surface area (Å²) in [6.07, 6.45) is 8.08. The first-order valence-electron chi connectivity index (χ1n) is 26.8. The van der Waals surface area contributed by atoms with Crippen molar-refractivity contribution in [1.29, 1.82) is 0 Å². The van der Waals surface area contributed by atoms with Crippen LogP contribution >= 0.6 is 22.6 Å². The number of carbonyl (C=O) groups is 10. The van der Waals surface area contributed by atoms with Crippen molar-refractivity contribution >= 4 is 103 Å². The maximum atomic E-state index is 11.9. The number of urea groups is 2. The van der Waals surface area contributed by atoms with Crippen molar-refractivity contribution in [2.45, 2.75) is 144 Å². The van der Waals surface area contributed by atoms with Crippen LogP contribution in [0, 0.1) is 6.92 Å². The quantitative estimate of drug-likeness (QED) is 0.00688. The number of rotatable bonds is 34. The number of anilines is 1. The largest absolute Gasteiger partial charge is 2.00 e. The molecule has 0 saturated carbocycles. The number of esters is 1. The molecule has 4 unspecified atom stereocenters. The molecule has 0 aliphatic heterocycles. The van der Waals surface area contributed by atoms with E-state index in [1.165, 1.54) is 12.7 Å². The van der Waals surface area contributed by atoms with Crippen molar-refractivity contribution in [3.63, 3.8) is 0 Å². The summed E-state index contributed by atoms with van der Waals surface area (Å²) in [7, 11) is -1.73. The monoisotopic (exact) mass is 1620 g/mol. The molecule has 10 amide bonds. The zero-order chi connectivity index (χ0) is 66.7. The Morgan fingerprint density at radius 2 is 1.44 bits per heavy atom. The van der Waals surface area contributed by atoms with Crippen molar-refractivity contribution in [3.8, 4) is 0 Å². The third kappa shape index (κ3) is 79.2. The predicted molar refractivity (Wildman–Crippen MR) is 330 cm³/mol. The van der Waals surface area contributed by atoms with Crippen LogP contribution in [0.2, 0.25) is 0 Å². The number of nitrogens with one attached hydrogen (secondary N) is 10. The molecule has 34 heteroatoms. The third-order valence-corrected chi connectivity index (χ3v) is 9.78. The minimum atomic E-state index is -4.44. The molecule has 1 radical (unpaired) electrons. The summed E-state index contributed by atoms with van der Waals surface area (Å²) in [6, 6.07) is 3.55. The van der Waals surface area contributed by atoms with E-state index in [0.717, 1.165) is 50.7 Å². The molecule has 1 aromatic rings. The predicted octanol–water partition coefficient (Wildman–Crippen LogP) is 3.42. The van der Waals surface area contributed by atoms with Gasteiger partial charge in [-0.25, -0.2) is 25.5 Å². The summed E-state index contributed by atoms with van der Waals surface area (Å²) in [6.45, 7) is 25.5. The number of ether oxygens (including phenoxy) is 5. The van der Waals surface area contributed by atoms with Gasteiger partial charge in [0.2, 0.25) is 36.4 Å². The number of hydrogen-bond donors (Lipinski definition) is 11. The zero-order valence-corrected chi connectivity index (χ0v) is 60.8. The van der Waals surface area contributed by atoms with E-state index in [-0.39, 0.29) is 133 Å². The average molecular weight is 1620 g/mol. The Kier molecular flexibility index (Phi) is 76.0. The molecule has 0 fully saturated rings. The fourth-order valence-corrected chi connectivity index (χ4v) is 6.01. The van der Waals surface area contributed by atoms with Gasteiger partial charge in [-0.05, 0) is 70.5 Å². The summed E-state index contributed by atoms with van der Waals surface area (Å²) in [5.74, 6) is -2.98. The van der Waals surface area contributed by atoms with Gasteiger partial charge in [0.1, 0.15) is 12.6 Å². The molecule has 0 aromatic heterocycles. The molecule has 1 aromatic carbocycles. The first-order chi connectivity index (χ1) is 40.0. The summed E-state index contributed by atoms with van der Waals surface area (Å²) >= 11 is 1.57. The van der Waals surface area contributed by atoms with Gasteiger partial charge in [-0.1, -0.05) is 79.0 Å². The van der Waals surface area contributed by atoms with Crippen molar-refractivity contribution in [2.24, 2.45) is 5.73 Å². The van der Waals surface area contributed by atoms with Crippen molar-refractivity contribution in [2.75, 3.05) is 78.0 Å². The molecule has 0 spiro atoms. The standard InChI is InChI=1S/C13H26N3O4.C11H16N3O8S.C9H8INO3.C9H18N4O3.C6H13O.C3H8.C2H6.W.Y/c1-4-5-11(13(18)15-6-7-19-3)16-12(17)8-10(2)20-9-14;1-22-10(17)3-2-9(16)12-4-5-13-11(18)14-8(6-15)7-23(19,20)21;10-9(13)14-5-7-1-3-8(4-2-7)11-6-12;1-7(3-2-4-12-9(10)16)13-8(15)5-11-6-14;1-5-7-6(2,3)4;1-3-2;1-2;;/h10-11,14H,4-9H2,1-3H3,(H,15,18)(H,16,17);2-3,8H,4-5,7H2,1H3,(H,12,16)(H2,13,14,18)(H,19,20,21);1-4,6H,5H2,(H,11,12);6-7H,2-5H2,1H3,(H,11,14)(H,13,15)(H3,10,12,16);2,5H2,1,3-4H3;3H2,1-2H3;1-2H3;;/q2*-1;;;-1;;;+2;/b;3-2-;;;;;;;. The minimum Gasteiger partial charge on any atom is -0.655 e. The zero-order valence-electron chi connectivity index (χ0n) is 52.1. The van der Waals surface area contributed by atoms with Gasteiger partial charge in [-0.2, -0.15) is 8.42 Å². The van der Waals surface area contributed by atoms with Gasteiger partial charge in [-0.15, -0.1) is 0 Å². The van der Waals surface area contributed by atoms with Crippen LogP contribution in [0.5, 0.6) is 0 Å². The Labute approximate surface area is 567 Å². The van der Waals surface area contributed by atoms with Gasteiger partial charge in [0.15, 0.2) is 0 Å². The van der Waals surface area contributed by atoms with E-state index >= 15 is 0 Å². The Balaban J connectivity index is -0.000000150. The molecule has 1 rings (SSSR count). The number of methoxy groups -OCH3 is 2. The molecule has 4 atom stereocenters. The van der Waals surface area contributed by atoms with Crippen molar-refractivity contribution in [1.82, 2.24) is 42.5 Å². The van der Waals surface area contributed by atoms with E-state index in [4.69, 9.17) is 35.0 Å². The number of hydrogen-bond acceptors (Lipinski definition) is 18. The normalized spacial score (nSPS) is 11.2. The Hall–Kier alpha value is -4.80. The minimum absolute atomic E-state index is 0. The molecule has 30 nitrogen and oxygen atoms in total. The summed E-state index contributed by atoms with van der Waals surface area (Å²) < 4.78 is 53.4. The number of halogens is 1. The van der Waals surface area contributed by atoms with Crippen LogP contribution in [0.3, 0.4) is 0 Å². The van der Waals surface area contributed by atoms with E-state index < -0.39 is 51.9 Å². The number of nitrogens with two attached hydrogens (primary N) is 1. The topological polar surface area (TPSA) is 446 Å². The van der Waals surface area contributed by atoms with E-state index in [1.807, 2.05) is 53.8 Å². The average Bonchev–Trinajstić information content (AvgIpc) is 3.46. The van der Waals surface area contributed by atoms with Crippen LogP contribution in [0.25, 0.3) is 5.73 Å². The first-order valence-corrected chi connectivity index (χ1v) is 29.5. The van der Waals surface area contributed by atoms with Crippen LogP contribution in [-0.4, -0.2) is 180 Å². The first kappa shape index (κ1) is 98.4. The summed E-state index contributed by atoms with van der Waals surface area (Å²) in [5, 5.41) is 21.9. The third-order valence-electron chi connectivity index (χ3n) is 8.72. The van der Waals surface area contributed by atoms with Gasteiger partial charge in [0.05, 0.1) is 61.1 Å². The van der Waals surface area contributed by atoms with Gasteiger partial charge < -0.3 is 94.7 Å². The van der Waals surface area contributed by atoms with Crippen LogP contribution in [-0.2, 0) is 133 Å². The maximum Gasteiger partial charge on any atom is 2.00 e. The maximum absolute atomic E-state index is 11.9. The molecule has 499 valence electrons. The van der Waals surface area contributed by atoms with Crippen LogP contribution in [0.15, 0.2) is 36.4 Å². The Bertz CT molecular complexity index is 2140. The Morgan fingerprint density at radius 1 is 0.851 bits per heavy atom. The van der Waals surface area contributed by atoms with Gasteiger partial charge in [0, 0.05) is 96.5 Å². The Morgan fingerprint density at radius 3 is 1.89 bits per heavy atom.